The maximum atomic E-state index is 9.48. The Bertz CT molecular complexity index is 578. The second kappa shape index (κ2) is 9.07. The molecular weight excluding hydrogens is 314 g/mol. The van der Waals surface area contributed by atoms with Crippen molar-refractivity contribution in [3.8, 4) is 6.07 Å². The Labute approximate surface area is 161 Å². The number of benzene rings is 1. The molecule has 0 amide bonds. The van der Waals surface area contributed by atoms with E-state index in [1.807, 2.05) is 0 Å². The van der Waals surface area contributed by atoms with E-state index in [1.54, 1.807) is 0 Å². The second-order valence-corrected chi connectivity index (χ2v) is 9.10. The lowest BCUT2D eigenvalue weighted by molar-refractivity contribution is 0.238. The Morgan fingerprint density at radius 2 is 1.54 bits per heavy atom. The Morgan fingerprint density at radius 3 is 2.08 bits per heavy atom. The topological polar surface area (TPSA) is 23.8 Å². The van der Waals surface area contributed by atoms with Crippen molar-refractivity contribution in [2.24, 2.45) is 17.3 Å². The molecule has 0 aromatic heterocycles. The Kier molecular flexibility index (Phi) is 6.80. The monoisotopic (exact) mass is 351 g/mol. The van der Waals surface area contributed by atoms with E-state index in [0.29, 0.717) is 5.92 Å². The lowest BCUT2D eigenvalue weighted by Crippen LogP contribution is -2.24. The van der Waals surface area contributed by atoms with Crippen molar-refractivity contribution >= 4 is 0 Å². The first-order valence-electron chi connectivity index (χ1n) is 11.2. The Morgan fingerprint density at radius 1 is 0.923 bits per heavy atom. The summed E-state index contributed by atoms with van der Waals surface area (Å²) in [6, 6.07) is 12.1. The molecule has 3 rings (SSSR count). The lowest BCUT2D eigenvalue weighted by Gasteiger charge is -2.34. The molecule has 2 aliphatic carbocycles. The average Bonchev–Trinajstić information content (AvgIpc) is 2.73. The van der Waals surface area contributed by atoms with E-state index in [-0.39, 0.29) is 5.41 Å². The molecular formula is C25H37N. The predicted molar refractivity (Wildman–Crippen MR) is 110 cm³/mol. The first-order chi connectivity index (χ1) is 12.7. The molecule has 0 bridgehead atoms. The maximum Gasteiger partial charge on any atom is 0.0689 e. The highest BCUT2D eigenvalue weighted by Gasteiger charge is 2.34. The third-order valence-electron chi connectivity index (χ3n) is 7.69. The van der Waals surface area contributed by atoms with Crippen LogP contribution in [0.2, 0.25) is 0 Å². The SMILES string of the molecule is CCC1(C#N)CCC(c2ccc(CC[C@H]3CC[C@H](CC)CC3)cc2)CC1. The molecule has 0 aliphatic heterocycles. The van der Waals surface area contributed by atoms with Gasteiger partial charge in [0, 0.05) is 0 Å². The van der Waals surface area contributed by atoms with Gasteiger partial charge in [0.2, 0.25) is 0 Å². The molecule has 0 unspecified atom stereocenters. The summed E-state index contributed by atoms with van der Waals surface area (Å²) in [7, 11) is 0. The van der Waals surface area contributed by atoms with Crippen LogP contribution in [0.1, 0.15) is 102 Å². The minimum absolute atomic E-state index is 0.0345. The number of hydrogen-bond donors (Lipinski definition) is 0. The van der Waals surface area contributed by atoms with Gasteiger partial charge >= 0.3 is 0 Å². The molecule has 0 saturated heterocycles. The normalized spacial score (nSPS) is 32.1. The number of nitriles is 1. The second-order valence-electron chi connectivity index (χ2n) is 9.10. The van der Waals surface area contributed by atoms with Crippen molar-refractivity contribution in [1.82, 2.24) is 0 Å². The summed E-state index contributed by atoms with van der Waals surface area (Å²) in [5.74, 6) is 2.64. The number of nitrogens with zero attached hydrogens (tertiary/aromatic N) is 1. The van der Waals surface area contributed by atoms with Crippen molar-refractivity contribution in [1.29, 1.82) is 5.26 Å². The van der Waals surface area contributed by atoms with Crippen molar-refractivity contribution in [2.75, 3.05) is 0 Å². The zero-order chi connectivity index (χ0) is 18.4. The van der Waals surface area contributed by atoms with Crippen LogP contribution in [0.15, 0.2) is 24.3 Å². The van der Waals surface area contributed by atoms with Crippen molar-refractivity contribution in [2.45, 2.75) is 96.8 Å². The molecule has 0 radical (unpaired) electrons. The number of hydrogen-bond acceptors (Lipinski definition) is 1. The van der Waals surface area contributed by atoms with Gasteiger partial charge in [0.15, 0.2) is 0 Å². The molecule has 142 valence electrons. The summed E-state index contributed by atoms with van der Waals surface area (Å²) in [4.78, 5) is 0. The predicted octanol–water partition coefficient (Wildman–Crippen LogP) is 7.41. The molecule has 2 fully saturated rings. The summed E-state index contributed by atoms with van der Waals surface area (Å²) >= 11 is 0. The van der Waals surface area contributed by atoms with Crippen LogP contribution >= 0.6 is 0 Å². The van der Waals surface area contributed by atoms with Crippen molar-refractivity contribution in [3.63, 3.8) is 0 Å². The average molecular weight is 352 g/mol. The highest BCUT2D eigenvalue weighted by molar-refractivity contribution is 5.26. The van der Waals surface area contributed by atoms with Gasteiger partial charge in [-0.15, -0.1) is 0 Å². The molecule has 0 spiro atoms. The molecule has 1 aromatic carbocycles. The van der Waals surface area contributed by atoms with Gasteiger partial charge in [-0.25, -0.2) is 0 Å². The highest BCUT2D eigenvalue weighted by atomic mass is 14.4. The molecule has 0 N–H and O–H groups in total. The van der Waals surface area contributed by atoms with Crippen LogP contribution in [0.5, 0.6) is 0 Å². The molecule has 2 aliphatic rings. The van der Waals surface area contributed by atoms with Crippen LogP contribution < -0.4 is 0 Å². The molecule has 26 heavy (non-hydrogen) atoms. The minimum atomic E-state index is -0.0345. The Hall–Kier alpha value is -1.29. The van der Waals surface area contributed by atoms with E-state index in [0.717, 1.165) is 31.1 Å². The standard InChI is InChI=1S/C25H37N/c1-3-20-5-7-21(8-6-20)9-10-22-11-13-23(14-12-22)24-15-17-25(4-2,19-26)18-16-24/h11-14,20-21,24H,3-10,15-18H2,1-2H3/t20-,21-,24?,25?. The van der Waals surface area contributed by atoms with Crippen LogP contribution in [0.3, 0.4) is 0 Å². The van der Waals surface area contributed by atoms with Gasteiger partial charge in [-0.3, -0.25) is 0 Å². The van der Waals surface area contributed by atoms with Gasteiger partial charge in [0.05, 0.1) is 11.5 Å². The van der Waals surface area contributed by atoms with E-state index in [9.17, 15) is 5.26 Å². The van der Waals surface area contributed by atoms with Gasteiger partial charge in [0.25, 0.3) is 0 Å². The van der Waals surface area contributed by atoms with Gasteiger partial charge < -0.3 is 0 Å². The third kappa shape index (κ3) is 4.70. The quantitative estimate of drug-likeness (QED) is 0.523. The van der Waals surface area contributed by atoms with E-state index in [1.165, 1.54) is 68.9 Å². The van der Waals surface area contributed by atoms with E-state index >= 15 is 0 Å². The lowest BCUT2D eigenvalue weighted by atomic mass is 9.68. The van der Waals surface area contributed by atoms with E-state index < -0.39 is 0 Å². The fraction of sp³-hybridized carbons (Fsp3) is 0.720. The van der Waals surface area contributed by atoms with E-state index in [4.69, 9.17) is 0 Å². The first kappa shape index (κ1) is 19.5. The number of rotatable bonds is 6. The Balaban J connectivity index is 1.46. The minimum Gasteiger partial charge on any atom is -0.198 e. The zero-order valence-corrected chi connectivity index (χ0v) is 17.0. The van der Waals surface area contributed by atoms with E-state index in [2.05, 4.69) is 44.2 Å². The van der Waals surface area contributed by atoms with Gasteiger partial charge in [-0.1, -0.05) is 70.2 Å². The van der Waals surface area contributed by atoms with Crippen LogP contribution in [0.25, 0.3) is 0 Å². The van der Waals surface area contributed by atoms with Crippen LogP contribution in [-0.4, -0.2) is 0 Å². The molecule has 1 aromatic rings. The summed E-state index contributed by atoms with van der Waals surface area (Å²) in [6.45, 7) is 4.52. The largest absolute Gasteiger partial charge is 0.198 e. The third-order valence-corrected chi connectivity index (χ3v) is 7.69. The van der Waals surface area contributed by atoms with Gasteiger partial charge in [-0.2, -0.15) is 5.26 Å². The summed E-state index contributed by atoms with van der Waals surface area (Å²) in [5.41, 5.74) is 2.98. The molecule has 1 heteroatoms. The first-order valence-corrected chi connectivity index (χ1v) is 11.2. The summed E-state index contributed by atoms with van der Waals surface area (Å²) in [6.07, 6.45) is 15.4. The van der Waals surface area contributed by atoms with Crippen LogP contribution in [0.4, 0.5) is 0 Å². The highest BCUT2D eigenvalue weighted by Crippen LogP contribution is 2.44. The molecule has 0 atom stereocenters. The smallest absolute Gasteiger partial charge is 0.0689 e. The fourth-order valence-corrected chi connectivity index (χ4v) is 5.30. The van der Waals surface area contributed by atoms with Gasteiger partial charge in [-0.05, 0) is 73.8 Å². The molecule has 1 nitrogen and oxygen atoms in total. The molecule has 2 saturated carbocycles. The zero-order valence-electron chi connectivity index (χ0n) is 17.0. The number of aryl methyl sites for hydroxylation is 1. The maximum absolute atomic E-state index is 9.48. The summed E-state index contributed by atoms with van der Waals surface area (Å²) < 4.78 is 0. The van der Waals surface area contributed by atoms with Crippen LogP contribution in [0, 0.1) is 28.6 Å². The van der Waals surface area contributed by atoms with Gasteiger partial charge in [0.1, 0.15) is 0 Å². The van der Waals surface area contributed by atoms with Crippen molar-refractivity contribution < 1.29 is 0 Å². The fourth-order valence-electron chi connectivity index (χ4n) is 5.30. The van der Waals surface area contributed by atoms with Crippen molar-refractivity contribution in [3.05, 3.63) is 35.4 Å². The molecule has 0 heterocycles. The van der Waals surface area contributed by atoms with Crippen LogP contribution in [-0.2, 0) is 6.42 Å². The summed E-state index contributed by atoms with van der Waals surface area (Å²) in [5, 5.41) is 9.48.